The van der Waals surface area contributed by atoms with Crippen LogP contribution in [0, 0.1) is 0 Å². The van der Waals surface area contributed by atoms with Gasteiger partial charge in [-0.1, -0.05) is 46.3 Å². The van der Waals surface area contributed by atoms with E-state index in [2.05, 4.69) is 39.1 Å². The van der Waals surface area contributed by atoms with Crippen LogP contribution in [0.15, 0.2) is 53.0 Å². The van der Waals surface area contributed by atoms with Crippen LogP contribution in [0.2, 0.25) is 0 Å². The van der Waals surface area contributed by atoms with Gasteiger partial charge in [0.05, 0.1) is 15.2 Å². The van der Waals surface area contributed by atoms with Crippen molar-refractivity contribution in [2.24, 2.45) is 5.73 Å². The van der Waals surface area contributed by atoms with Gasteiger partial charge in [-0.05, 0) is 23.8 Å². The standard InChI is InChI=1S/C15H13BrN2S/c16-11-6-7-14-13(8-11)18-15(19-14)9-12(17)10-4-2-1-3-5-10/h1-8,12H,9,17H2. The van der Waals surface area contributed by atoms with Crippen LogP contribution >= 0.6 is 27.3 Å². The monoisotopic (exact) mass is 332 g/mol. The van der Waals surface area contributed by atoms with Gasteiger partial charge in [0.25, 0.3) is 0 Å². The maximum atomic E-state index is 6.24. The molecule has 1 aromatic heterocycles. The van der Waals surface area contributed by atoms with E-state index in [1.165, 1.54) is 4.70 Å². The number of benzene rings is 2. The van der Waals surface area contributed by atoms with Crippen molar-refractivity contribution in [1.29, 1.82) is 0 Å². The zero-order valence-corrected chi connectivity index (χ0v) is 12.6. The zero-order valence-electron chi connectivity index (χ0n) is 10.2. The summed E-state index contributed by atoms with van der Waals surface area (Å²) in [4.78, 5) is 4.65. The second-order valence-electron chi connectivity index (χ2n) is 4.44. The summed E-state index contributed by atoms with van der Waals surface area (Å²) in [5, 5.41) is 1.09. The lowest BCUT2D eigenvalue weighted by molar-refractivity contribution is 0.719. The maximum absolute atomic E-state index is 6.24. The van der Waals surface area contributed by atoms with E-state index in [4.69, 9.17) is 5.73 Å². The second kappa shape index (κ2) is 5.41. The molecule has 0 aliphatic heterocycles. The third kappa shape index (κ3) is 2.86. The Bertz CT molecular complexity index is 694. The van der Waals surface area contributed by atoms with Gasteiger partial charge in [0.2, 0.25) is 0 Å². The minimum Gasteiger partial charge on any atom is -0.324 e. The third-order valence-electron chi connectivity index (χ3n) is 3.02. The topological polar surface area (TPSA) is 38.9 Å². The fourth-order valence-corrected chi connectivity index (χ4v) is 3.40. The average Bonchev–Trinajstić information content (AvgIpc) is 2.81. The van der Waals surface area contributed by atoms with Crippen molar-refractivity contribution in [1.82, 2.24) is 4.98 Å². The highest BCUT2D eigenvalue weighted by molar-refractivity contribution is 9.10. The first-order chi connectivity index (χ1) is 9.22. The predicted molar refractivity (Wildman–Crippen MR) is 84.4 cm³/mol. The lowest BCUT2D eigenvalue weighted by atomic mass is 10.1. The van der Waals surface area contributed by atoms with Crippen molar-refractivity contribution in [3.05, 3.63) is 63.6 Å². The summed E-state index contributed by atoms with van der Waals surface area (Å²) in [6.45, 7) is 0. The molecule has 0 spiro atoms. The lowest BCUT2D eigenvalue weighted by Gasteiger charge is -2.09. The maximum Gasteiger partial charge on any atom is 0.0957 e. The van der Waals surface area contributed by atoms with Crippen molar-refractivity contribution in [2.75, 3.05) is 0 Å². The van der Waals surface area contributed by atoms with Gasteiger partial charge in [0.15, 0.2) is 0 Å². The Morgan fingerprint density at radius 2 is 1.95 bits per heavy atom. The van der Waals surface area contributed by atoms with Gasteiger partial charge in [0.1, 0.15) is 0 Å². The van der Waals surface area contributed by atoms with Crippen molar-refractivity contribution in [3.63, 3.8) is 0 Å². The van der Waals surface area contributed by atoms with Crippen LogP contribution in [-0.2, 0) is 6.42 Å². The van der Waals surface area contributed by atoms with Gasteiger partial charge in [-0.3, -0.25) is 0 Å². The summed E-state index contributed by atoms with van der Waals surface area (Å²) in [7, 11) is 0. The zero-order chi connectivity index (χ0) is 13.2. The molecule has 3 aromatic rings. The van der Waals surface area contributed by atoms with Gasteiger partial charge in [-0.2, -0.15) is 0 Å². The Balaban J connectivity index is 1.85. The molecule has 3 rings (SSSR count). The highest BCUT2D eigenvalue weighted by atomic mass is 79.9. The first-order valence-corrected chi connectivity index (χ1v) is 7.69. The Morgan fingerprint density at radius 1 is 1.16 bits per heavy atom. The van der Waals surface area contributed by atoms with Crippen LogP contribution in [0.3, 0.4) is 0 Å². The third-order valence-corrected chi connectivity index (χ3v) is 4.57. The molecule has 0 bridgehead atoms. The Kier molecular flexibility index (Phi) is 3.64. The normalized spacial score (nSPS) is 12.7. The molecule has 2 nitrogen and oxygen atoms in total. The molecule has 1 heterocycles. The quantitative estimate of drug-likeness (QED) is 0.776. The summed E-state index contributed by atoms with van der Waals surface area (Å²) >= 11 is 5.19. The van der Waals surface area contributed by atoms with Crippen LogP contribution in [0.1, 0.15) is 16.6 Å². The molecule has 2 N–H and O–H groups in total. The van der Waals surface area contributed by atoms with Gasteiger partial charge in [-0.15, -0.1) is 11.3 Å². The molecular weight excluding hydrogens is 320 g/mol. The number of thiazole rings is 1. The number of nitrogens with two attached hydrogens (primary N) is 1. The minimum absolute atomic E-state index is 0.00482. The molecule has 19 heavy (non-hydrogen) atoms. The van der Waals surface area contributed by atoms with E-state index in [0.29, 0.717) is 0 Å². The number of rotatable bonds is 3. The first kappa shape index (κ1) is 12.8. The van der Waals surface area contributed by atoms with E-state index in [-0.39, 0.29) is 6.04 Å². The molecule has 2 aromatic carbocycles. The fourth-order valence-electron chi connectivity index (χ4n) is 2.04. The molecule has 0 aliphatic carbocycles. The molecule has 1 unspecified atom stereocenters. The largest absolute Gasteiger partial charge is 0.324 e. The van der Waals surface area contributed by atoms with E-state index in [9.17, 15) is 0 Å². The number of halogens is 1. The molecule has 0 fully saturated rings. The minimum atomic E-state index is 0.00482. The Labute approximate surface area is 124 Å². The average molecular weight is 333 g/mol. The highest BCUT2D eigenvalue weighted by Gasteiger charge is 2.10. The molecule has 0 saturated heterocycles. The molecule has 4 heteroatoms. The number of hydrogen-bond donors (Lipinski definition) is 1. The van der Waals surface area contributed by atoms with Gasteiger partial charge in [0, 0.05) is 16.9 Å². The van der Waals surface area contributed by atoms with Crippen LogP contribution in [0.5, 0.6) is 0 Å². The number of hydrogen-bond acceptors (Lipinski definition) is 3. The summed E-state index contributed by atoms with van der Waals surface area (Å²) < 4.78 is 2.27. The number of fused-ring (bicyclic) bond motifs is 1. The smallest absolute Gasteiger partial charge is 0.0957 e. The van der Waals surface area contributed by atoms with E-state index in [0.717, 1.165) is 27.0 Å². The van der Waals surface area contributed by atoms with E-state index >= 15 is 0 Å². The molecule has 0 amide bonds. The molecule has 96 valence electrons. The van der Waals surface area contributed by atoms with Crippen molar-refractivity contribution in [3.8, 4) is 0 Å². The van der Waals surface area contributed by atoms with Crippen molar-refractivity contribution < 1.29 is 0 Å². The van der Waals surface area contributed by atoms with Crippen molar-refractivity contribution in [2.45, 2.75) is 12.5 Å². The van der Waals surface area contributed by atoms with Gasteiger partial charge < -0.3 is 5.73 Å². The Morgan fingerprint density at radius 3 is 2.74 bits per heavy atom. The van der Waals surface area contributed by atoms with Crippen LogP contribution in [0.4, 0.5) is 0 Å². The first-order valence-electron chi connectivity index (χ1n) is 6.08. The summed E-state index contributed by atoms with van der Waals surface area (Å²) in [6.07, 6.45) is 0.779. The molecule has 0 saturated carbocycles. The number of aromatic nitrogens is 1. The van der Waals surface area contributed by atoms with E-state index in [1.54, 1.807) is 11.3 Å². The molecule has 0 radical (unpaired) electrons. The van der Waals surface area contributed by atoms with E-state index in [1.807, 2.05) is 30.3 Å². The predicted octanol–water partition coefficient (Wildman–Crippen LogP) is 4.30. The van der Waals surface area contributed by atoms with E-state index < -0.39 is 0 Å². The Hall–Kier alpha value is -1.23. The van der Waals surface area contributed by atoms with Crippen LogP contribution < -0.4 is 5.73 Å². The molecular formula is C15H13BrN2S. The summed E-state index contributed by atoms with van der Waals surface area (Å²) in [5.74, 6) is 0. The molecule has 0 aliphatic rings. The van der Waals surface area contributed by atoms with Crippen LogP contribution in [0.25, 0.3) is 10.2 Å². The summed E-state index contributed by atoms with van der Waals surface area (Å²) in [5.41, 5.74) is 8.43. The second-order valence-corrected chi connectivity index (χ2v) is 6.47. The van der Waals surface area contributed by atoms with Crippen molar-refractivity contribution >= 4 is 37.5 Å². The summed E-state index contributed by atoms with van der Waals surface area (Å²) in [6, 6.07) is 16.4. The number of nitrogens with zero attached hydrogens (tertiary/aromatic N) is 1. The lowest BCUT2D eigenvalue weighted by Crippen LogP contribution is -2.12. The van der Waals surface area contributed by atoms with Crippen LogP contribution in [-0.4, -0.2) is 4.98 Å². The van der Waals surface area contributed by atoms with Gasteiger partial charge >= 0.3 is 0 Å². The molecule has 1 atom stereocenters. The fraction of sp³-hybridized carbons (Fsp3) is 0.133. The highest BCUT2D eigenvalue weighted by Crippen LogP contribution is 2.27. The SMILES string of the molecule is NC(Cc1nc2cc(Br)ccc2s1)c1ccccc1. The van der Waals surface area contributed by atoms with Gasteiger partial charge in [-0.25, -0.2) is 4.98 Å².